The maximum atomic E-state index is 12.6. The number of aryl methyl sites for hydroxylation is 2. The van der Waals surface area contributed by atoms with Crippen LogP contribution >= 0.6 is 0 Å². The highest BCUT2D eigenvalue weighted by molar-refractivity contribution is 5.99. The Kier molecular flexibility index (Phi) is 7.42. The number of esters is 2. The van der Waals surface area contributed by atoms with Gasteiger partial charge in [0.2, 0.25) is 0 Å². The smallest absolute Gasteiger partial charge is 0.381 e. The molecule has 2 heterocycles. The molecular weight excluding hydrogens is 413 g/mol. The van der Waals surface area contributed by atoms with Gasteiger partial charge < -0.3 is 10.1 Å². The van der Waals surface area contributed by atoms with E-state index in [9.17, 15) is 22.8 Å². The van der Waals surface area contributed by atoms with E-state index in [2.05, 4.69) is 27.1 Å². The Morgan fingerprint density at radius 1 is 1.19 bits per heavy atom. The average molecular weight is 438 g/mol. The number of hydrogen-bond acceptors (Lipinski definition) is 6. The Bertz CT molecular complexity index is 940. The van der Waals surface area contributed by atoms with Crippen LogP contribution in [0.3, 0.4) is 0 Å². The van der Waals surface area contributed by atoms with Crippen molar-refractivity contribution in [3.63, 3.8) is 0 Å². The Labute approximate surface area is 178 Å². The number of hydrogen-bond donors (Lipinski definition) is 1. The summed E-state index contributed by atoms with van der Waals surface area (Å²) in [5, 5.41) is 7.80. The molecular formula is C21H25F3N4O3. The van der Waals surface area contributed by atoms with Gasteiger partial charge in [0.25, 0.3) is 0 Å². The number of nitrogens with one attached hydrogen (secondary N) is 1. The number of ether oxygens (including phenoxy) is 1. The number of nitrogens with zero attached hydrogens (tertiary/aromatic N) is 3. The molecule has 0 spiro atoms. The van der Waals surface area contributed by atoms with Crippen LogP contribution in [-0.4, -0.2) is 46.0 Å². The van der Waals surface area contributed by atoms with E-state index >= 15 is 0 Å². The van der Waals surface area contributed by atoms with E-state index in [0.717, 1.165) is 36.9 Å². The van der Waals surface area contributed by atoms with E-state index in [1.807, 2.05) is 0 Å². The molecule has 0 saturated carbocycles. The summed E-state index contributed by atoms with van der Waals surface area (Å²) in [7, 11) is 0. The average Bonchev–Trinajstić information content (AvgIpc) is 3.11. The SMILES string of the molecule is CCCCCNCCCn1nc2c(c1C(=O)OC(=O)C(F)(F)F)CCc1cnccc1-2. The van der Waals surface area contributed by atoms with Crippen LogP contribution in [0.5, 0.6) is 0 Å². The lowest BCUT2D eigenvalue weighted by Crippen LogP contribution is -2.29. The highest BCUT2D eigenvalue weighted by Gasteiger charge is 2.43. The van der Waals surface area contributed by atoms with E-state index in [4.69, 9.17) is 0 Å². The first-order valence-corrected chi connectivity index (χ1v) is 10.4. The first kappa shape index (κ1) is 22.9. The van der Waals surface area contributed by atoms with Crippen molar-refractivity contribution in [1.29, 1.82) is 0 Å². The van der Waals surface area contributed by atoms with Crippen LogP contribution in [0.4, 0.5) is 13.2 Å². The van der Waals surface area contributed by atoms with Crippen molar-refractivity contribution in [2.75, 3.05) is 13.1 Å². The summed E-state index contributed by atoms with van der Waals surface area (Å²) in [5.41, 5.74) is 2.65. The van der Waals surface area contributed by atoms with Gasteiger partial charge in [-0.1, -0.05) is 19.8 Å². The van der Waals surface area contributed by atoms with Gasteiger partial charge in [0.05, 0.1) is 5.69 Å². The molecule has 0 atom stereocenters. The number of rotatable bonds is 9. The van der Waals surface area contributed by atoms with Crippen molar-refractivity contribution >= 4 is 11.9 Å². The second-order valence-electron chi connectivity index (χ2n) is 7.42. The maximum Gasteiger partial charge on any atom is 0.491 e. The second kappa shape index (κ2) is 10.0. The van der Waals surface area contributed by atoms with Crippen LogP contribution in [-0.2, 0) is 28.9 Å². The summed E-state index contributed by atoms with van der Waals surface area (Å²) in [4.78, 5) is 27.8. The van der Waals surface area contributed by atoms with Crippen LogP contribution in [0.25, 0.3) is 11.3 Å². The molecule has 0 aromatic carbocycles. The lowest BCUT2D eigenvalue weighted by Gasteiger charge is -2.15. The zero-order chi connectivity index (χ0) is 22.4. The minimum absolute atomic E-state index is 0.0963. The van der Waals surface area contributed by atoms with Gasteiger partial charge in [-0.3, -0.25) is 9.67 Å². The summed E-state index contributed by atoms with van der Waals surface area (Å²) in [6.45, 7) is 3.97. The zero-order valence-corrected chi connectivity index (χ0v) is 17.3. The number of aromatic nitrogens is 3. The predicted octanol–water partition coefficient (Wildman–Crippen LogP) is 3.46. The Balaban J connectivity index is 1.81. The molecule has 3 rings (SSSR count). The number of halogens is 3. The molecule has 0 aliphatic heterocycles. The third-order valence-corrected chi connectivity index (χ3v) is 5.14. The lowest BCUT2D eigenvalue weighted by molar-refractivity contribution is -0.193. The van der Waals surface area contributed by atoms with Crippen LogP contribution < -0.4 is 5.32 Å². The van der Waals surface area contributed by atoms with E-state index in [0.29, 0.717) is 43.6 Å². The van der Waals surface area contributed by atoms with Crippen molar-refractivity contribution in [1.82, 2.24) is 20.1 Å². The molecule has 2 aromatic heterocycles. The molecule has 1 N–H and O–H groups in total. The molecule has 0 fully saturated rings. The quantitative estimate of drug-likeness (QED) is 0.367. The molecule has 0 radical (unpaired) electrons. The first-order valence-electron chi connectivity index (χ1n) is 10.4. The van der Waals surface area contributed by atoms with Crippen LogP contribution in [0, 0.1) is 0 Å². The van der Waals surface area contributed by atoms with Gasteiger partial charge in [0.15, 0.2) is 5.69 Å². The number of pyridine rings is 1. The number of unbranched alkanes of at least 4 members (excludes halogenated alkanes) is 2. The molecule has 1 aliphatic carbocycles. The number of alkyl halides is 3. The molecule has 168 valence electrons. The molecule has 10 heteroatoms. The Morgan fingerprint density at radius 2 is 1.97 bits per heavy atom. The fraction of sp³-hybridized carbons (Fsp3) is 0.524. The molecule has 0 unspecified atom stereocenters. The van der Waals surface area contributed by atoms with Gasteiger partial charge in [0, 0.05) is 30.1 Å². The van der Waals surface area contributed by atoms with E-state index in [1.54, 1.807) is 18.5 Å². The summed E-state index contributed by atoms with van der Waals surface area (Å²) in [6, 6.07) is 1.76. The molecule has 31 heavy (non-hydrogen) atoms. The summed E-state index contributed by atoms with van der Waals surface area (Å²) in [6.07, 6.45) is 2.96. The lowest BCUT2D eigenvalue weighted by atomic mass is 9.90. The van der Waals surface area contributed by atoms with Crippen molar-refractivity contribution in [2.24, 2.45) is 0 Å². The highest BCUT2D eigenvalue weighted by atomic mass is 19.4. The molecule has 7 nitrogen and oxygen atoms in total. The first-order chi connectivity index (χ1) is 14.8. The molecule has 0 bridgehead atoms. The fourth-order valence-corrected chi connectivity index (χ4v) is 3.63. The number of carbonyl (C=O) groups is 2. The number of carbonyl (C=O) groups excluding carboxylic acids is 2. The topological polar surface area (TPSA) is 86.1 Å². The summed E-state index contributed by atoms with van der Waals surface area (Å²) >= 11 is 0. The van der Waals surface area contributed by atoms with Crippen molar-refractivity contribution in [3.05, 3.63) is 35.3 Å². The second-order valence-corrected chi connectivity index (χ2v) is 7.42. The van der Waals surface area contributed by atoms with Gasteiger partial charge in [-0.05, 0) is 50.4 Å². The van der Waals surface area contributed by atoms with Crippen LogP contribution in [0.15, 0.2) is 18.5 Å². The fourth-order valence-electron chi connectivity index (χ4n) is 3.63. The minimum atomic E-state index is -5.25. The van der Waals surface area contributed by atoms with Gasteiger partial charge >= 0.3 is 18.1 Å². The number of fused-ring (bicyclic) bond motifs is 3. The van der Waals surface area contributed by atoms with Crippen LogP contribution in [0.2, 0.25) is 0 Å². The highest BCUT2D eigenvalue weighted by Crippen LogP contribution is 2.34. The Hall–Kier alpha value is -2.75. The van der Waals surface area contributed by atoms with Crippen molar-refractivity contribution in [3.8, 4) is 11.3 Å². The molecule has 1 aliphatic rings. The van der Waals surface area contributed by atoms with E-state index in [-0.39, 0.29) is 5.69 Å². The molecule has 0 amide bonds. The van der Waals surface area contributed by atoms with Crippen molar-refractivity contribution < 1.29 is 27.5 Å². The minimum Gasteiger partial charge on any atom is -0.381 e. The third kappa shape index (κ3) is 5.49. The van der Waals surface area contributed by atoms with Gasteiger partial charge in [-0.15, -0.1) is 0 Å². The molecule has 2 aromatic rings. The van der Waals surface area contributed by atoms with Crippen molar-refractivity contribution in [2.45, 2.75) is 58.2 Å². The van der Waals surface area contributed by atoms with E-state index in [1.165, 1.54) is 4.68 Å². The van der Waals surface area contributed by atoms with Gasteiger partial charge in [-0.2, -0.15) is 18.3 Å². The normalized spacial score (nSPS) is 12.9. The van der Waals surface area contributed by atoms with Gasteiger partial charge in [-0.25, -0.2) is 9.59 Å². The predicted molar refractivity (Wildman–Crippen MR) is 106 cm³/mol. The largest absolute Gasteiger partial charge is 0.491 e. The van der Waals surface area contributed by atoms with Gasteiger partial charge in [0.1, 0.15) is 0 Å². The maximum absolute atomic E-state index is 12.6. The third-order valence-electron chi connectivity index (χ3n) is 5.14. The summed E-state index contributed by atoms with van der Waals surface area (Å²) < 4.78 is 43.3. The zero-order valence-electron chi connectivity index (χ0n) is 17.3. The summed E-state index contributed by atoms with van der Waals surface area (Å²) in [5.74, 6) is -3.86. The Morgan fingerprint density at radius 3 is 2.71 bits per heavy atom. The molecule has 0 saturated heterocycles. The standard InChI is InChI=1S/C21H25F3N4O3/c1-2-3-4-9-25-10-5-12-28-18(19(29)31-20(30)21(22,23)24)16-7-6-14-13-26-11-8-15(14)17(16)27-28/h8,11,13,25H,2-7,9-10,12H2,1H3. The van der Waals surface area contributed by atoms with Crippen LogP contribution in [0.1, 0.15) is 54.2 Å². The monoisotopic (exact) mass is 438 g/mol. The van der Waals surface area contributed by atoms with E-state index < -0.39 is 18.1 Å².